The van der Waals surface area contributed by atoms with Crippen molar-refractivity contribution in [1.82, 2.24) is 10.1 Å². The molecular formula is C15H21N3OS. The molecule has 0 spiro atoms. The highest BCUT2D eigenvalue weighted by Crippen LogP contribution is 2.27. The molecule has 2 aromatic rings. The average Bonchev–Trinajstić information content (AvgIpc) is 2.82. The largest absolute Gasteiger partial charge is 0.399 e. The minimum Gasteiger partial charge on any atom is -0.399 e. The normalized spacial score (nSPS) is 11.2. The highest BCUT2D eigenvalue weighted by atomic mass is 32.2. The monoisotopic (exact) mass is 291 g/mol. The maximum atomic E-state index is 5.89. The van der Waals surface area contributed by atoms with Crippen molar-refractivity contribution >= 4 is 17.4 Å². The zero-order valence-electron chi connectivity index (χ0n) is 12.4. The molecule has 0 aliphatic rings. The number of nitrogens with zero attached hydrogens (tertiary/aromatic N) is 2. The van der Waals surface area contributed by atoms with Crippen LogP contribution in [0.1, 0.15) is 30.8 Å². The summed E-state index contributed by atoms with van der Waals surface area (Å²) >= 11 is 1.82. The highest BCUT2D eigenvalue weighted by Gasteiger charge is 2.13. The van der Waals surface area contributed by atoms with Gasteiger partial charge < -0.3 is 10.3 Å². The Bertz CT molecular complexity index is 593. The van der Waals surface area contributed by atoms with Gasteiger partial charge in [0, 0.05) is 11.3 Å². The number of anilines is 1. The van der Waals surface area contributed by atoms with Crippen molar-refractivity contribution in [2.75, 3.05) is 11.5 Å². The molecule has 0 fully saturated rings. The van der Waals surface area contributed by atoms with Crippen LogP contribution in [0.25, 0.3) is 11.5 Å². The highest BCUT2D eigenvalue weighted by molar-refractivity contribution is 7.98. The fourth-order valence-electron chi connectivity index (χ4n) is 1.92. The molecule has 1 aromatic heterocycles. The number of hydrogen-bond acceptors (Lipinski definition) is 5. The lowest BCUT2D eigenvalue weighted by Gasteiger charge is -2.06. The van der Waals surface area contributed by atoms with Crippen LogP contribution in [0.3, 0.4) is 0 Å². The second-order valence-corrected chi connectivity index (χ2v) is 6.47. The predicted molar refractivity (Wildman–Crippen MR) is 84.6 cm³/mol. The van der Waals surface area contributed by atoms with E-state index in [-0.39, 0.29) is 0 Å². The molecule has 0 saturated heterocycles. The van der Waals surface area contributed by atoms with Gasteiger partial charge in [0.25, 0.3) is 5.89 Å². The minimum absolute atomic E-state index is 0.554. The van der Waals surface area contributed by atoms with Crippen molar-refractivity contribution in [2.24, 2.45) is 5.92 Å². The fourth-order valence-corrected chi connectivity index (χ4v) is 2.81. The average molecular weight is 291 g/mol. The van der Waals surface area contributed by atoms with Crippen molar-refractivity contribution in [2.45, 2.75) is 33.4 Å². The third-order valence-electron chi connectivity index (χ3n) is 3.07. The van der Waals surface area contributed by atoms with Crippen LogP contribution in [-0.2, 0) is 5.75 Å². The number of aromatic nitrogens is 2. The molecular weight excluding hydrogens is 270 g/mol. The Labute approximate surface area is 124 Å². The molecule has 20 heavy (non-hydrogen) atoms. The first-order valence-corrected chi connectivity index (χ1v) is 7.90. The van der Waals surface area contributed by atoms with E-state index in [2.05, 4.69) is 24.0 Å². The summed E-state index contributed by atoms with van der Waals surface area (Å²) in [5.74, 6) is 3.84. The zero-order chi connectivity index (χ0) is 14.7. The van der Waals surface area contributed by atoms with E-state index in [0.29, 0.717) is 11.8 Å². The van der Waals surface area contributed by atoms with Crippen molar-refractivity contribution in [1.29, 1.82) is 0 Å². The summed E-state index contributed by atoms with van der Waals surface area (Å²) in [5, 5.41) is 4.04. The summed E-state index contributed by atoms with van der Waals surface area (Å²) in [4.78, 5) is 4.47. The molecule has 0 amide bonds. The van der Waals surface area contributed by atoms with Crippen LogP contribution in [0.2, 0.25) is 0 Å². The number of hydrogen-bond donors (Lipinski definition) is 1. The van der Waals surface area contributed by atoms with E-state index in [0.717, 1.165) is 39.7 Å². The first kappa shape index (κ1) is 14.9. The second-order valence-electron chi connectivity index (χ2n) is 5.44. The van der Waals surface area contributed by atoms with Crippen LogP contribution >= 0.6 is 11.8 Å². The van der Waals surface area contributed by atoms with Crippen LogP contribution in [-0.4, -0.2) is 15.9 Å². The van der Waals surface area contributed by atoms with Crippen LogP contribution in [0, 0.1) is 19.8 Å². The molecule has 0 unspecified atom stereocenters. The molecule has 4 nitrogen and oxygen atoms in total. The van der Waals surface area contributed by atoms with Crippen molar-refractivity contribution < 1.29 is 4.52 Å². The number of aryl methyl sites for hydroxylation is 1. The molecule has 1 aromatic carbocycles. The van der Waals surface area contributed by atoms with Gasteiger partial charge >= 0.3 is 0 Å². The summed E-state index contributed by atoms with van der Waals surface area (Å²) in [7, 11) is 0. The van der Waals surface area contributed by atoms with E-state index in [4.69, 9.17) is 10.3 Å². The first-order chi connectivity index (χ1) is 9.47. The van der Waals surface area contributed by atoms with Gasteiger partial charge in [0.2, 0.25) is 0 Å². The third kappa shape index (κ3) is 3.54. The lowest BCUT2D eigenvalue weighted by Crippen LogP contribution is -1.94. The molecule has 0 aliphatic carbocycles. The molecule has 0 aliphatic heterocycles. The lowest BCUT2D eigenvalue weighted by molar-refractivity contribution is 0.425. The summed E-state index contributed by atoms with van der Waals surface area (Å²) in [5.41, 5.74) is 9.80. The van der Waals surface area contributed by atoms with Gasteiger partial charge in [-0.05, 0) is 48.8 Å². The van der Waals surface area contributed by atoms with Gasteiger partial charge in [-0.15, -0.1) is 0 Å². The van der Waals surface area contributed by atoms with Crippen LogP contribution in [0.15, 0.2) is 16.7 Å². The van der Waals surface area contributed by atoms with Gasteiger partial charge in [-0.2, -0.15) is 16.7 Å². The Morgan fingerprint density at radius 2 is 2.05 bits per heavy atom. The Balaban J connectivity index is 2.16. The van der Waals surface area contributed by atoms with E-state index in [1.807, 2.05) is 37.7 Å². The fraction of sp³-hybridized carbons (Fsp3) is 0.467. The maximum Gasteiger partial charge on any atom is 0.258 e. The Hall–Kier alpha value is -1.49. The molecule has 1 heterocycles. The lowest BCUT2D eigenvalue weighted by atomic mass is 10.0. The maximum absolute atomic E-state index is 5.89. The second kappa shape index (κ2) is 6.31. The quantitative estimate of drug-likeness (QED) is 0.848. The molecule has 0 bridgehead atoms. The number of nitrogens with two attached hydrogens (primary N) is 1. The summed E-state index contributed by atoms with van der Waals surface area (Å²) in [6.45, 7) is 8.48. The molecule has 2 N–H and O–H groups in total. The van der Waals surface area contributed by atoms with Crippen molar-refractivity contribution in [3.05, 3.63) is 29.1 Å². The van der Waals surface area contributed by atoms with E-state index in [1.165, 1.54) is 0 Å². The van der Waals surface area contributed by atoms with Gasteiger partial charge in [0.1, 0.15) is 0 Å². The molecule has 0 atom stereocenters. The molecule has 0 radical (unpaired) electrons. The summed E-state index contributed by atoms with van der Waals surface area (Å²) in [6, 6.07) is 3.84. The minimum atomic E-state index is 0.554. The first-order valence-electron chi connectivity index (χ1n) is 6.74. The summed E-state index contributed by atoms with van der Waals surface area (Å²) < 4.78 is 5.37. The van der Waals surface area contributed by atoms with Gasteiger partial charge in [-0.1, -0.05) is 19.0 Å². The Morgan fingerprint density at radius 3 is 2.75 bits per heavy atom. The van der Waals surface area contributed by atoms with E-state index in [1.54, 1.807) is 0 Å². The van der Waals surface area contributed by atoms with Crippen LogP contribution in [0.4, 0.5) is 5.69 Å². The number of nitrogen functional groups attached to an aromatic ring is 1. The van der Waals surface area contributed by atoms with E-state index >= 15 is 0 Å². The third-order valence-corrected chi connectivity index (χ3v) is 4.44. The predicted octanol–water partition coefficient (Wildman–Crippen LogP) is 3.82. The Morgan fingerprint density at radius 1 is 1.30 bits per heavy atom. The van der Waals surface area contributed by atoms with E-state index < -0.39 is 0 Å². The smallest absolute Gasteiger partial charge is 0.258 e. The summed E-state index contributed by atoms with van der Waals surface area (Å²) in [6.07, 6.45) is 0. The van der Waals surface area contributed by atoms with Gasteiger partial charge in [0.05, 0.1) is 5.75 Å². The van der Waals surface area contributed by atoms with Crippen molar-refractivity contribution in [3.63, 3.8) is 0 Å². The number of thioether (sulfide) groups is 1. The molecule has 2 rings (SSSR count). The van der Waals surface area contributed by atoms with Gasteiger partial charge in [0.15, 0.2) is 5.82 Å². The van der Waals surface area contributed by atoms with E-state index in [9.17, 15) is 0 Å². The number of benzene rings is 1. The SMILES string of the molecule is Cc1cc(N)cc(-c2nc(CSCC(C)C)no2)c1C. The molecule has 5 heteroatoms. The topological polar surface area (TPSA) is 64.9 Å². The Kier molecular flexibility index (Phi) is 4.70. The van der Waals surface area contributed by atoms with Crippen molar-refractivity contribution in [3.8, 4) is 11.5 Å². The molecule has 108 valence electrons. The van der Waals surface area contributed by atoms with Crippen LogP contribution in [0.5, 0.6) is 0 Å². The molecule has 0 saturated carbocycles. The zero-order valence-corrected chi connectivity index (χ0v) is 13.3. The number of rotatable bonds is 5. The van der Waals surface area contributed by atoms with Gasteiger partial charge in [-0.3, -0.25) is 0 Å². The van der Waals surface area contributed by atoms with Gasteiger partial charge in [-0.25, -0.2) is 0 Å². The van der Waals surface area contributed by atoms with Crippen LogP contribution < -0.4 is 5.73 Å². The standard InChI is InChI=1S/C15H21N3OS/c1-9(2)7-20-8-14-17-15(19-18-14)13-6-12(16)5-10(3)11(13)4/h5-6,9H,7-8,16H2,1-4H3.